The molecule has 1 heterocycles. The molecule has 13 heavy (non-hydrogen) atoms. The zero-order chi connectivity index (χ0) is 9.68. The van der Waals surface area contributed by atoms with Crippen LogP contribution >= 0.6 is 0 Å². The molecule has 0 saturated carbocycles. The van der Waals surface area contributed by atoms with Gasteiger partial charge in [0, 0.05) is 26.2 Å². The SMILES string of the molecule is CC(=NO)C(=NO)N1CCNCC1. The van der Waals surface area contributed by atoms with Gasteiger partial charge in [0.25, 0.3) is 0 Å². The average Bonchev–Trinajstić information content (AvgIpc) is 2.20. The highest BCUT2D eigenvalue weighted by molar-refractivity contribution is 6.40. The first-order valence-electron chi connectivity index (χ1n) is 4.16. The Morgan fingerprint density at radius 2 is 1.85 bits per heavy atom. The third-order valence-electron chi connectivity index (χ3n) is 1.98. The Kier molecular flexibility index (Phi) is 3.51. The highest BCUT2D eigenvalue weighted by atomic mass is 16.4. The summed E-state index contributed by atoms with van der Waals surface area (Å²) in [5.74, 6) is 0.337. The first-order valence-corrected chi connectivity index (χ1v) is 4.16. The number of hydrogen-bond donors (Lipinski definition) is 3. The molecule has 1 fully saturated rings. The molecule has 6 heteroatoms. The molecule has 0 aromatic heterocycles. The fraction of sp³-hybridized carbons (Fsp3) is 0.714. The normalized spacial score (nSPS) is 20.5. The molecule has 1 aliphatic rings. The molecule has 0 spiro atoms. The lowest BCUT2D eigenvalue weighted by molar-refractivity contribution is 0.289. The number of piperazine rings is 1. The van der Waals surface area contributed by atoms with Gasteiger partial charge < -0.3 is 20.6 Å². The number of oxime groups is 2. The van der Waals surface area contributed by atoms with E-state index in [4.69, 9.17) is 10.4 Å². The van der Waals surface area contributed by atoms with Crippen LogP contribution in [0.2, 0.25) is 0 Å². The Labute approximate surface area is 76.5 Å². The molecule has 1 rings (SSSR count). The zero-order valence-corrected chi connectivity index (χ0v) is 7.56. The maximum atomic E-state index is 8.71. The van der Waals surface area contributed by atoms with Gasteiger partial charge in [0.2, 0.25) is 0 Å². The predicted octanol–water partition coefficient (Wildman–Crippen LogP) is -0.471. The second kappa shape index (κ2) is 4.66. The van der Waals surface area contributed by atoms with Crippen molar-refractivity contribution in [2.75, 3.05) is 26.2 Å². The molecule has 0 unspecified atom stereocenters. The van der Waals surface area contributed by atoms with Crippen molar-refractivity contribution in [2.24, 2.45) is 10.3 Å². The topological polar surface area (TPSA) is 80.5 Å². The second-order valence-corrected chi connectivity index (χ2v) is 2.85. The quantitative estimate of drug-likeness (QED) is 0.224. The van der Waals surface area contributed by atoms with Gasteiger partial charge in [-0.25, -0.2) is 0 Å². The van der Waals surface area contributed by atoms with Crippen molar-refractivity contribution in [3.63, 3.8) is 0 Å². The first-order chi connectivity index (χ1) is 6.29. The summed E-state index contributed by atoms with van der Waals surface area (Å²) >= 11 is 0. The smallest absolute Gasteiger partial charge is 0.192 e. The zero-order valence-electron chi connectivity index (χ0n) is 7.56. The maximum absolute atomic E-state index is 8.71. The van der Waals surface area contributed by atoms with Gasteiger partial charge in [0.05, 0.1) is 0 Å². The molecule has 0 aromatic carbocycles. The number of hydrogen-bond acceptors (Lipinski definition) is 5. The summed E-state index contributed by atoms with van der Waals surface area (Å²) in [5, 5.41) is 26.5. The molecule has 1 saturated heterocycles. The Bertz CT molecular complexity index is 221. The summed E-state index contributed by atoms with van der Waals surface area (Å²) < 4.78 is 0. The lowest BCUT2D eigenvalue weighted by atomic mass is 10.3. The van der Waals surface area contributed by atoms with Crippen molar-refractivity contribution < 1.29 is 10.4 Å². The summed E-state index contributed by atoms with van der Waals surface area (Å²) in [7, 11) is 0. The molecule has 0 bridgehead atoms. The predicted molar refractivity (Wildman–Crippen MR) is 48.6 cm³/mol. The third-order valence-corrected chi connectivity index (χ3v) is 1.98. The van der Waals surface area contributed by atoms with Gasteiger partial charge >= 0.3 is 0 Å². The van der Waals surface area contributed by atoms with E-state index in [1.165, 1.54) is 0 Å². The van der Waals surface area contributed by atoms with Crippen molar-refractivity contribution in [2.45, 2.75) is 6.92 Å². The summed E-state index contributed by atoms with van der Waals surface area (Å²) in [6.07, 6.45) is 0. The van der Waals surface area contributed by atoms with Gasteiger partial charge in [0.1, 0.15) is 5.71 Å². The molecule has 6 nitrogen and oxygen atoms in total. The van der Waals surface area contributed by atoms with Crippen molar-refractivity contribution >= 4 is 11.5 Å². The van der Waals surface area contributed by atoms with Crippen LogP contribution in [0.15, 0.2) is 10.3 Å². The Morgan fingerprint density at radius 3 is 2.31 bits per heavy atom. The van der Waals surface area contributed by atoms with Crippen LogP contribution in [0.25, 0.3) is 0 Å². The Hall–Kier alpha value is -1.30. The molecule has 0 atom stereocenters. The molecule has 0 aromatic rings. The van der Waals surface area contributed by atoms with Gasteiger partial charge in [0.15, 0.2) is 5.84 Å². The summed E-state index contributed by atoms with van der Waals surface area (Å²) in [5.41, 5.74) is 0.324. The molecular formula is C7H14N4O2. The van der Waals surface area contributed by atoms with E-state index >= 15 is 0 Å². The van der Waals surface area contributed by atoms with Crippen molar-refractivity contribution in [1.29, 1.82) is 0 Å². The van der Waals surface area contributed by atoms with Crippen LogP contribution in [0.1, 0.15) is 6.92 Å². The van der Waals surface area contributed by atoms with E-state index in [0.29, 0.717) is 11.5 Å². The van der Waals surface area contributed by atoms with Gasteiger partial charge in [-0.15, -0.1) is 0 Å². The fourth-order valence-electron chi connectivity index (χ4n) is 1.29. The second-order valence-electron chi connectivity index (χ2n) is 2.85. The van der Waals surface area contributed by atoms with E-state index in [0.717, 1.165) is 26.2 Å². The van der Waals surface area contributed by atoms with Gasteiger partial charge in [-0.05, 0) is 6.92 Å². The van der Waals surface area contributed by atoms with Gasteiger partial charge in [-0.1, -0.05) is 10.3 Å². The van der Waals surface area contributed by atoms with Crippen molar-refractivity contribution in [1.82, 2.24) is 10.2 Å². The lowest BCUT2D eigenvalue weighted by Gasteiger charge is -2.28. The molecule has 0 radical (unpaired) electrons. The molecular weight excluding hydrogens is 172 g/mol. The van der Waals surface area contributed by atoms with Crippen LogP contribution in [0, 0.1) is 0 Å². The fourth-order valence-corrected chi connectivity index (χ4v) is 1.29. The van der Waals surface area contributed by atoms with Crippen molar-refractivity contribution in [3.8, 4) is 0 Å². The molecule has 0 aliphatic carbocycles. The van der Waals surface area contributed by atoms with E-state index in [2.05, 4.69) is 15.6 Å². The van der Waals surface area contributed by atoms with Gasteiger partial charge in [-0.2, -0.15) is 0 Å². The molecule has 74 valence electrons. The van der Waals surface area contributed by atoms with E-state index < -0.39 is 0 Å². The minimum absolute atomic E-state index is 0.324. The van der Waals surface area contributed by atoms with E-state index in [1.54, 1.807) is 6.92 Å². The summed E-state index contributed by atoms with van der Waals surface area (Å²) in [6.45, 7) is 4.80. The van der Waals surface area contributed by atoms with Crippen LogP contribution in [0.3, 0.4) is 0 Å². The standard InChI is InChI=1S/C7H14N4O2/c1-6(9-12)7(10-13)11-4-2-8-3-5-11/h8,12-13H,2-5H2,1H3. The van der Waals surface area contributed by atoms with Gasteiger partial charge in [-0.3, -0.25) is 0 Å². The molecule has 0 amide bonds. The van der Waals surface area contributed by atoms with Crippen LogP contribution in [-0.4, -0.2) is 53.0 Å². The van der Waals surface area contributed by atoms with Crippen LogP contribution in [0.5, 0.6) is 0 Å². The number of nitrogens with one attached hydrogen (secondary N) is 1. The Morgan fingerprint density at radius 1 is 1.23 bits per heavy atom. The third kappa shape index (κ3) is 2.32. The van der Waals surface area contributed by atoms with Crippen LogP contribution in [-0.2, 0) is 0 Å². The highest BCUT2D eigenvalue weighted by Gasteiger charge is 2.17. The molecule has 1 aliphatic heterocycles. The number of nitrogens with zero attached hydrogens (tertiary/aromatic N) is 3. The Balaban J connectivity index is 2.66. The van der Waals surface area contributed by atoms with E-state index in [9.17, 15) is 0 Å². The van der Waals surface area contributed by atoms with Crippen LogP contribution in [0.4, 0.5) is 0 Å². The number of rotatable bonds is 1. The van der Waals surface area contributed by atoms with Crippen molar-refractivity contribution in [3.05, 3.63) is 0 Å². The number of amidine groups is 1. The summed E-state index contributed by atoms with van der Waals surface area (Å²) in [6, 6.07) is 0. The highest BCUT2D eigenvalue weighted by Crippen LogP contribution is 1.97. The monoisotopic (exact) mass is 186 g/mol. The minimum Gasteiger partial charge on any atom is -0.411 e. The van der Waals surface area contributed by atoms with E-state index in [-0.39, 0.29) is 0 Å². The largest absolute Gasteiger partial charge is 0.411 e. The summed E-state index contributed by atoms with van der Waals surface area (Å²) in [4.78, 5) is 1.87. The molecule has 3 N–H and O–H groups in total. The van der Waals surface area contributed by atoms with Crippen LogP contribution < -0.4 is 5.32 Å². The van der Waals surface area contributed by atoms with E-state index in [1.807, 2.05) is 4.90 Å². The first kappa shape index (κ1) is 9.79. The maximum Gasteiger partial charge on any atom is 0.192 e. The minimum atomic E-state index is 0.324. The lowest BCUT2D eigenvalue weighted by Crippen LogP contribution is -2.48. The average molecular weight is 186 g/mol.